The van der Waals surface area contributed by atoms with E-state index in [-0.39, 0.29) is 5.91 Å². The summed E-state index contributed by atoms with van der Waals surface area (Å²) >= 11 is 1.81. The van der Waals surface area contributed by atoms with E-state index in [0.29, 0.717) is 6.54 Å². The van der Waals surface area contributed by atoms with Crippen molar-refractivity contribution in [1.82, 2.24) is 15.1 Å². The topological polar surface area (TPSA) is 35.6 Å². The van der Waals surface area contributed by atoms with Crippen molar-refractivity contribution in [3.05, 3.63) is 21.9 Å². The molecule has 0 atom stereocenters. The highest BCUT2D eigenvalue weighted by atomic mass is 32.1. The van der Waals surface area contributed by atoms with Gasteiger partial charge in [-0.05, 0) is 37.0 Å². The van der Waals surface area contributed by atoms with Gasteiger partial charge in [-0.2, -0.15) is 0 Å². The summed E-state index contributed by atoms with van der Waals surface area (Å²) in [5.74, 6) is 0.219. The van der Waals surface area contributed by atoms with Gasteiger partial charge < -0.3 is 15.1 Å². The van der Waals surface area contributed by atoms with Crippen LogP contribution in [-0.4, -0.2) is 55.5 Å². The average molecular weight is 281 g/mol. The Hall–Kier alpha value is -0.910. The van der Waals surface area contributed by atoms with E-state index in [2.05, 4.69) is 35.6 Å². The number of amides is 1. The highest BCUT2D eigenvalue weighted by Gasteiger charge is 2.20. The molecule has 0 unspecified atom stereocenters. The van der Waals surface area contributed by atoms with Gasteiger partial charge in [-0.3, -0.25) is 4.79 Å². The van der Waals surface area contributed by atoms with E-state index in [0.717, 1.165) is 39.1 Å². The molecule has 2 heterocycles. The summed E-state index contributed by atoms with van der Waals surface area (Å²) in [5, 5.41) is 5.36. The van der Waals surface area contributed by atoms with Crippen LogP contribution in [0, 0.1) is 0 Å². The minimum atomic E-state index is 0.219. The first kappa shape index (κ1) is 14.5. The Balaban J connectivity index is 1.70. The molecule has 4 nitrogen and oxygen atoms in total. The van der Waals surface area contributed by atoms with E-state index in [1.165, 1.54) is 10.4 Å². The van der Waals surface area contributed by atoms with E-state index in [4.69, 9.17) is 0 Å². The van der Waals surface area contributed by atoms with Crippen LogP contribution in [0.1, 0.15) is 17.4 Å². The van der Waals surface area contributed by atoms with Crippen molar-refractivity contribution in [2.45, 2.75) is 19.9 Å². The van der Waals surface area contributed by atoms with Gasteiger partial charge in [-0.15, -0.1) is 11.3 Å². The third-order valence-corrected chi connectivity index (χ3v) is 4.67. The molecular formula is C14H23N3OS. The minimum absolute atomic E-state index is 0.219. The lowest BCUT2D eigenvalue weighted by atomic mass is 10.1. The van der Waals surface area contributed by atoms with Crippen LogP contribution in [0.4, 0.5) is 0 Å². The van der Waals surface area contributed by atoms with Crippen LogP contribution in [0.25, 0.3) is 0 Å². The number of likely N-dealkylation sites (N-methyl/N-ethyl adjacent to an activating group) is 1. The Labute approximate surface area is 119 Å². The van der Waals surface area contributed by atoms with Gasteiger partial charge in [-0.25, -0.2) is 0 Å². The molecular weight excluding hydrogens is 258 g/mol. The number of carbonyl (C=O) groups excluding carboxylic acids is 1. The Morgan fingerprint density at radius 1 is 1.58 bits per heavy atom. The van der Waals surface area contributed by atoms with Crippen LogP contribution in [0.3, 0.4) is 0 Å². The lowest BCUT2D eigenvalue weighted by Crippen LogP contribution is -2.42. The molecule has 0 saturated carbocycles. The van der Waals surface area contributed by atoms with Crippen LogP contribution in [0.5, 0.6) is 0 Å². The normalized spacial score (nSPS) is 14.8. The van der Waals surface area contributed by atoms with Gasteiger partial charge >= 0.3 is 0 Å². The summed E-state index contributed by atoms with van der Waals surface area (Å²) in [6.45, 7) is 7.14. The molecule has 1 aliphatic heterocycles. The molecule has 5 heteroatoms. The molecule has 0 aromatic carbocycles. The van der Waals surface area contributed by atoms with E-state index in [9.17, 15) is 4.79 Å². The third kappa shape index (κ3) is 4.03. The second-order valence-electron chi connectivity index (χ2n) is 5.01. The number of nitrogens with zero attached hydrogens (tertiary/aromatic N) is 2. The summed E-state index contributed by atoms with van der Waals surface area (Å²) in [5.41, 5.74) is 1.33. The molecule has 19 heavy (non-hydrogen) atoms. The Bertz CT molecular complexity index is 419. The van der Waals surface area contributed by atoms with E-state index >= 15 is 0 Å². The number of rotatable bonds is 6. The monoisotopic (exact) mass is 281 g/mol. The maximum Gasteiger partial charge on any atom is 0.236 e. The smallest absolute Gasteiger partial charge is 0.236 e. The lowest BCUT2D eigenvalue weighted by molar-refractivity contribution is -0.131. The van der Waals surface area contributed by atoms with Gasteiger partial charge in [0, 0.05) is 31.1 Å². The van der Waals surface area contributed by atoms with Gasteiger partial charge in [-0.1, -0.05) is 6.92 Å². The molecule has 0 aliphatic carbocycles. The predicted octanol–water partition coefficient (Wildman–Crippen LogP) is 1.17. The number of hydrogen-bond acceptors (Lipinski definition) is 4. The SMILES string of the molecule is CCN(C)CCNCC(=O)N1CCc2sccc2C1. The summed E-state index contributed by atoms with van der Waals surface area (Å²) in [4.78, 5) is 17.7. The first-order valence-corrected chi connectivity index (χ1v) is 7.81. The molecule has 0 spiro atoms. The summed E-state index contributed by atoms with van der Waals surface area (Å²) < 4.78 is 0. The zero-order valence-electron chi connectivity index (χ0n) is 11.8. The van der Waals surface area contributed by atoms with Crippen molar-refractivity contribution in [3.63, 3.8) is 0 Å². The van der Waals surface area contributed by atoms with Crippen LogP contribution in [0.2, 0.25) is 0 Å². The molecule has 0 saturated heterocycles. The summed E-state index contributed by atoms with van der Waals surface area (Å²) in [7, 11) is 2.09. The fourth-order valence-corrected chi connectivity index (χ4v) is 3.09. The van der Waals surface area contributed by atoms with Crippen molar-refractivity contribution in [2.75, 3.05) is 39.8 Å². The first-order chi connectivity index (χ1) is 9.20. The Morgan fingerprint density at radius 2 is 2.42 bits per heavy atom. The second kappa shape index (κ2) is 7.03. The van der Waals surface area contributed by atoms with Crippen LogP contribution in [0.15, 0.2) is 11.4 Å². The average Bonchev–Trinajstić information content (AvgIpc) is 2.90. The molecule has 1 aliphatic rings. The Morgan fingerprint density at radius 3 is 3.21 bits per heavy atom. The predicted molar refractivity (Wildman–Crippen MR) is 79.5 cm³/mol. The molecule has 1 aromatic heterocycles. The second-order valence-corrected chi connectivity index (χ2v) is 6.01. The zero-order valence-corrected chi connectivity index (χ0v) is 12.6. The zero-order chi connectivity index (χ0) is 13.7. The first-order valence-electron chi connectivity index (χ1n) is 6.93. The summed E-state index contributed by atoms with van der Waals surface area (Å²) in [6.07, 6.45) is 1.01. The Kier molecular flexibility index (Phi) is 5.36. The fourth-order valence-electron chi connectivity index (χ4n) is 2.20. The molecule has 0 radical (unpaired) electrons. The van der Waals surface area contributed by atoms with Crippen LogP contribution < -0.4 is 5.32 Å². The van der Waals surface area contributed by atoms with Crippen molar-refractivity contribution in [2.24, 2.45) is 0 Å². The van der Waals surface area contributed by atoms with Gasteiger partial charge in [0.05, 0.1) is 6.54 Å². The number of carbonyl (C=O) groups is 1. The number of thiophene rings is 1. The maximum absolute atomic E-state index is 12.1. The summed E-state index contributed by atoms with van der Waals surface area (Å²) in [6, 6.07) is 2.14. The largest absolute Gasteiger partial charge is 0.337 e. The molecule has 1 aromatic rings. The number of hydrogen-bond donors (Lipinski definition) is 1. The van der Waals surface area contributed by atoms with Crippen LogP contribution in [-0.2, 0) is 17.8 Å². The minimum Gasteiger partial charge on any atom is -0.337 e. The van der Waals surface area contributed by atoms with E-state index in [1.54, 1.807) is 0 Å². The van der Waals surface area contributed by atoms with Gasteiger partial charge in [0.25, 0.3) is 0 Å². The molecule has 1 N–H and O–H groups in total. The van der Waals surface area contributed by atoms with Gasteiger partial charge in [0.1, 0.15) is 0 Å². The molecule has 106 valence electrons. The lowest BCUT2D eigenvalue weighted by Gasteiger charge is -2.27. The third-order valence-electron chi connectivity index (χ3n) is 3.65. The van der Waals surface area contributed by atoms with Crippen molar-refractivity contribution in [3.8, 4) is 0 Å². The van der Waals surface area contributed by atoms with Crippen molar-refractivity contribution >= 4 is 17.2 Å². The quantitative estimate of drug-likeness (QED) is 0.795. The van der Waals surface area contributed by atoms with Crippen molar-refractivity contribution < 1.29 is 4.79 Å². The highest BCUT2D eigenvalue weighted by molar-refractivity contribution is 7.10. The number of fused-ring (bicyclic) bond motifs is 1. The van der Waals surface area contributed by atoms with Crippen LogP contribution >= 0.6 is 11.3 Å². The molecule has 2 rings (SSSR count). The van der Waals surface area contributed by atoms with Gasteiger partial charge in [0.2, 0.25) is 5.91 Å². The number of nitrogens with one attached hydrogen (secondary N) is 1. The van der Waals surface area contributed by atoms with Crippen molar-refractivity contribution in [1.29, 1.82) is 0 Å². The highest BCUT2D eigenvalue weighted by Crippen LogP contribution is 2.23. The molecule has 0 bridgehead atoms. The fraction of sp³-hybridized carbons (Fsp3) is 0.643. The molecule has 1 amide bonds. The standard InChI is InChI=1S/C14H23N3OS/c1-3-16(2)8-6-15-10-14(18)17-7-4-13-12(11-17)5-9-19-13/h5,9,15H,3-4,6-8,10-11H2,1-2H3. The van der Waals surface area contributed by atoms with E-state index < -0.39 is 0 Å². The molecule has 0 fully saturated rings. The van der Waals surface area contributed by atoms with Gasteiger partial charge in [0.15, 0.2) is 0 Å². The van der Waals surface area contributed by atoms with E-state index in [1.807, 2.05) is 16.2 Å². The maximum atomic E-state index is 12.1.